The first-order chi connectivity index (χ1) is 11.6. The second-order valence-corrected chi connectivity index (χ2v) is 7.05. The van der Waals surface area contributed by atoms with E-state index in [0.29, 0.717) is 11.5 Å². The van der Waals surface area contributed by atoms with E-state index in [4.69, 9.17) is 0 Å². The Morgan fingerprint density at radius 1 is 1.46 bits per heavy atom. The van der Waals surface area contributed by atoms with Crippen LogP contribution < -0.4 is 5.32 Å². The molecule has 1 aromatic rings. The second-order valence-electron chi connectivity index (χ2n) is 7.05. The minimum atomic E-state index is -0.508. The fraction of sp³-hybridized carbons (Fsp3) is 0.667. The summed E-state index contributed by atoms with van der Waals surface area (Å²) in [7, 11) is 0. The Hall–Kier alpha value is -2.16. The van der Waals surface area contributed by atoms with Gasteiger partial charge in [-0.3, -0.25) is 4.79 Å². The largest absolute Gasteiger partial charge is 0.344 e. The summed E-state index contributed by atoms with van der Waals surface area (Å²) in [6.07, 6.45) is 11.2. The molecule has 0 spiro atoms. The maximum atomic E-state index is 12.4. The minimum absolute atomic E-state index is 0.0518. The lowest BCUT2D eigenvalue weighted by molar-refractivity contribution is -0.118. The molecule has 3 rings (SSSR count). The lowest BCUT2D eigenvalue weighted by Gasteiger charge is -2.29. The molecule has 0 radical (unpaired) electrons. The van der Waals surface area contributed by atoms with Crippen molar-refractivity contribution < 1.29 is 4.79 Å². The molecule has 0 aliphatic heterocycles. The molecule has 1 N–H and O–H groups in total. The molecule has 1 heterocycles. The van der Waals surface area contributed by atoms with Crippen LogP contribution in [0.25, 0.3) is 0 Å². The fourth-order valence-corrected chi connectivity index (χ4v) is 3.43. The minimum Gasteiger partial charge on any atom is -0.344 e. The number of nitriles is 1. The van der Waals surface area contributed by atoms with Gasteiger partial charge < -0.3 is 5.32 Å². The Labute approximate surface area is 142 Å². The molecule has 1 unspecified atom stereocenters. The van der Waals surface area contributed by atoms with Crippen LogP contribution in [0.4, 0.5) is 0 Å². The summed E-state index contributed by atoms with van der Waals surface area (Å²) in [5.74, 6) is 0.332. The van der Waals surface area contributed by atoms with Crippen LogP contribution >= 0.6 is 0 Å². The molecule has 6 heteroatoms. The van der Waals surface area contributed by atoms with Crippen LogP contribution in [0.5, 0.6) is 0 Å². The molecule has 2 aliphatic carbocycles. The van der Waals surface area contributed by atoms with Gasteiger partial charge in [-0.25, -0.2) is 4.68 Å². The monoisotopic (exact) mass is 327 g/mol. The molecule has 1 aromatic heterocycles. The molecular formula is C18H25N5O. The van der Waals surface area contributed by atoms with Gasteiger partial charge in [-0.15, -0.1) is 5.10 Å². The van der Waals surface area contributed by atoms with E-state index < -0.39 is 5.54 Å². The van der Waals surface area contributed by atoms with Crippen LogP contribution in [0, 0.1) is 17.2 Å². The summed E-state index contributed by atoms with van der Waals surface area (Å²) in [4.78, 5) is 12.4. The molecule has 1 amide bonds. The Bertz CT molecular complexity index is 674. The summed E-state index contributed by atoms with van der Waals surface area (Å²) in [5.41, 5.74) is 0.977. The highest BCUT2D eigenvalue weighted by Crippen LogP contribution is 2.42. The lowest BCUT2D eigenvalue weighted by Crippen LogP contribution is -2.35. The van der Waals surface area contributed by atoms with Gasteiger partial charge in [0, 0.05) is 5.57 Å². The van der Waals surface area contributed by atoms with Crippen LogP contribution in [0.1, 0.15) is 70.5 Å². The van der Waals surface area contributed by atoms with Crippen molar-refractivity contribution >= 4 is 5.91 Å². The van der Waals surface area contributed by atoms with Crippen molar-refractivity contribution in [3.05, 3.63) is 23.5 Å². The number of amides is 1. The van der Waals surface area contributed by atoms with E-state index in [2.05, 4.69) is 21.7 Å². The van der Waals surface area contributed by atoms with Gasteiger partial charge in [-0.1, -0.05) is 30.6 Å². The van der Waals surface area contributed by atoms with Gasteiger partial charge in [0.25, 0.3) is 0 Å². The highest BCUT2D eigenvalue weighted by Gasteiger charge is 2.47. The molecule has 0 aromatic carbocycles. The number of hydrogen-bond donors (Lipinski definition) is 1. The number of allylic oxidation sites excluding steroid dienone is 1. The molecule has 2 fully saturated rings. The van der Waals surface area contributed by atoms with Crippen LogP contribution in [0.15, 0.2) is 17.8 Å². The zero-order valence-corrected chi connectivity index (χ0v) is 14.5. The van der Waals surface area contributed by atoms with E-state index in [9.17, 15) is 10.1 Å². The Kier molecular flexibility index (Phi) is 4.70. The zero-order chi connectivity index (χ0) is 17.2. The maximum Gasteiger partial charge on any atom is 0.247 e. The first-order valence-corrected chi connectivity index (χ1v) is 8.87. The molecule has 6 nitrogen and oxygen atoms in total. The highest BCUT2D eigenvalue weighted by molar-refractivity contribution is 5.92. The molecule has 0 bridgehead atoms. The van der Waals surface area contributed by atoms with Crippen molar-refractivity contribution in [3.63, 3.8) is 0 Å². The first kappa shape index (κ1) is 16.7. The molecule has 2 saturated carbocycles. The normalized spacial score (nSPS) is 21.8. The van der Waals surface area contributed by atoms with Crippen LogP contribution in [0.3, 0.4) is 0 Å². The molecule has 24 heavy (non-hydrogen) atoms. The Morgan fingerprint density at radius 3 is 2.75 bits per heavy atom. The highest BCUT2D eigenvalue weighted by atomic mass is 16.1. The Balaban J connectivity index is 1.84. The van der Waals surface area contributed by atoms with E-state index in [1.54, 1.807) is 4.68 Å². The van der Waals surface area contributed by atoms with Crippen molar-refractivity contribution in [2.75, 3.05) is 0 Å². The summed E-state index contributed by atoms with van der Waals surface area (Å²) >= 11 is 0. The van der Waals surface area contributed by atoms with Gasteiger partial charge in [0.1, 0.15) is 5.69 Å². The third-order valence-electron chi connectivity index (χ3n) is 5.40. The van der Waals surface area contributed by atoms with Gasteiger partial charge in [0.2, 0.25) is 5.91 Å². The number of hydrogen-bond acceptors (Lipinski definition) is 4. The van der Waals surface area contributed by atoms with E-state index in [1.165, 1.54) is 19.3 Å². The van der Waals surface area contributed by atoms with Crippen LogP contribution in [-0.4, -0.2) is 20.9 Å². The zero-order valence-electron chi connectivity index (χ0n) is 14.5. The second kappa shape index (κ2) is 6.76. The molecule has 1 atom stereocenters. The van der Waals surface area contributed by atoms with E-state index in [1.807, 2.05) is 26.1 Å². The van der Waals surface area contributed by atoms with Crippen molar-refractivity contribution in [1.29, 1.82) is 5.26 Å². The molecule has 0 saturated heterocycles. The lowest BCUT2D eigenvalue weighted by atomic mass is 9.82. The number of aromatic nitrogens is 3. The van der Waals surface area contributed by atoms with Gasteiger partial charge in [0.05, 0.1) is 18.3 Å². The predicted octanol–water partition coefficient (Wildman–Crippen LogP) is 2.99. The SMILES string of the molecule is CC=C(C)C(=O)NC(c1cn(C2(C#N)CC2)nn1)C1CCCCC1. The molecule has 128 valence electrons. The smallest absolute Gasteiger partial charge is 0.247 e. The average molecular weight is 327 g/mol. The predicted molar refractivity (Wildman–Crippen MR) is 89.7 cm³/mol. The number of nitrogens with zero attached hydrogens (tertiary/aromatic N) is 4. The van der Waals surface area contributed by atoms with Crippen molar-refractivity contribution in [3.8, 4) is 6.07 Å². The summed E-state index contributed by atoms with van der Waals surface area (Å²) < 4.78 is 1.69. The standard InChI is InChI=1S/C18H25N5O/c1-3-13(2)17(24)20-16(14-7-5-4-6-8-14)15-11-23(22-21-15)18(12-19)9-10-18/h3,11,14,16H,4-10H2,1-2H3,(H,20,24). The van der Waals surface area contributed by atoms with Crippen LogP contribution in [0.2, 0.25) is 0 Å². The quantitative estimate of drug-likeness (QED) is 0.843. The fourth-order valence-electron chi connectivity index (χ4n) is 3.43. The number of nitrogens with one attached hydrogen (secondary N) is 1. The summed E-state index contributed by atoms with van der Waals surface area (Å²) in [6.45, 7) is 3.68. The van der Waals surface area contributed by atoms with Gasteiger partial charge >= 0.3 is 0 Å². The number of carbonyl (C=O) groups is 1. The average Bonchev–Trinajstić information content (AvgIpc) is 3.28. The number of carbonyl (C=O) groups excluding carboxylic acids is 1. The third-order valence-corrected chi connectivity index (χ3v) is 5.40. The number of rotatable bonds is 5. The van der Waals surface area contributed by atoms with E-state index in [-0.39, 0.29) is 11.9 Å². The summed E-state index contributed by atoms with van der Waals surface area (Å²) in [5, 5.41) is 21.0. The van der Waals surface area contributed by atoms with Gasteiger partial charge in [0.15, 0.2) is 5.54 Å². The van der Waals surface area contributed by atoms with Crippen molar-refractivity contribution in [2.24, 2.45) is 5.92 Å². The maximum absolute atomic E-state index is 12.4. The van der Waals surface area contributed by atoms with Crippen LogP contribution in [-0.2, 0) is 10.3 Å². The van der Waals surface area contributed by atoms with Gasteiger partial charge in [-0.2, -0.15) is 5.26 Å². The first-order valence-electron chi connectivity index (χ1n) is 8.87. The topological polar surface area (TPSA) is 83.6 Å². The molecular weight excluding hydrogens is 302 g/mol. The van der Waals surface area contributed by atoms with Crippen molar-refractivity contribution in [2.45, 2.75) is 70.4 Å². The van der Waals surface area contributed by atoms with E-state index in [0.717, 1.165) is 31.4 Å². The van der Waals surface area contributed by atoms with Crippen molar-refractivity contribution in [1.82, 2.24) is 20.3 Å². The Morgan fingerprint density at radius 2 is 2.17 bits per heavy atom. The van der Waals surface area contributed by atoms with Gasteiger partial charge in [-0.05, 0) is 45.4 Å². The van der Waals surface area contributed by atoms with E-state index >= 15 is 0 Å². The molecule has 2 aliphatic rings. The third kappa shape index (κ3) is 3.21. The summed E-state index contributed by atoms with van der Waals surface area (Å²) in [6, 6.07) is 2.20.